The third-order valence-corrected chi connectivity index (χ3v) is 4.09. The zero-order valence-corrected chi connectivity index (χ0v) is 12.2. The van der Waals surface area contributed by atoms with Crippen LogP contribution in [0.2, 0.25) is 0 Å². The lowest BCUT2D eigenvalue weighted by molar-refractivity contribution is -0.130. The predicted molar refractivity (Wildman–Crippen MR) is 80.5 cm³/mol. The van der Waals surface area contributed by atoms with Crippen LogP contribution in [0.5, 0.6) is 0 Å². The van der Waals surface area contributed by atoms with E-state index in [-0.39, 0.29) is 5.97 Å². The van der Waals surface area contributed by atoms with Crippen LogP contribution in [0.3, 0.4) is 0 Å². The summed E-state index contributed by atoms with van der Waals surface area (Å²) in [5.41, 5.74) is 1.55. The van der Waals surface area contributed by atoms with Gasteiger partial charge in [0.05, 0.1) is 10.5 Å². The topological polar surface area (TPSA) is 26.3 Å². The van der Waals surface area contributed by atoms with Crippen molar-refractivity contribution in [2.24, 2.45) is 0 Å². The summed E-state index contributed by atoms with van der Waals surface area (Å²) in [6.07, 6.45) is 3.62. The zero-order valence-electron chi connectivity index (χ0n) is 9.80. The fourth-order valence-electron chi connectivity index (χ4n) is 1.77. The number of benzene rings is 1. The van der Waals surface area contributed by atoms with Crippen LogP contribution in [0.1, 0.15) is 10.4 Å². The molecule has 0 saturated carbocycles. The smallest absolute Gasteiger partial charge is 0.343 e. The highest BCUT2D eigenvalue weighted by Gasteiger charge is 2.22. The highest BCUT2D eigenvalue weighted by molar-refractivity contribution is 9.10. The van der Waals surface area contributed by atoms with Gasteiger partial charge in [-0.2, -0.15) is 0 Å². The summed E-state index contributed by atoms with van der Waals surface area (Å²) in [6, 6.07) is 11.6. The predicted octanol–water partition coefficient (Wildman–Crippen LogP) is 4.49. The molecule has 0 atom stereocenters. The van der Waals surface area contributed by atoms with Crippen LogP contribution in [0.25, 0.3) is 11.8 Å². The summed E-state index contributed by atoms with van der Waals surface area (Å²) < 4.78 is 6.28. The van der Waals surface area contributed by atoms with E-state index in [2.05, 4.69) is 15.9 Å². The number of halogens is 1. The molecular weight excluding hydrogens is 324 g/mol. The van der Waals surface area contributed by atoms with Gasteiger partial charge in [-0.3, -0.25) is 0 Å². The second-order valence-electron chi connectivity index (χ2n) is 4.03. The number of esters is 1. The van der Waals surface area contributed by atoms with Gasteiger partial charge in [0.25, 0.3) is 0 Å². The molecule has 3 rings (SSSR count). The molecule has 0 amide bonds. The molecule has 2 aromatic rings. The van der Waals surface area contributed by atoms with Crippen molar-refractivity contribution >= 4 is 45.1 Å². The largest absolute Gasteiger partial charge is 0.421 e. The summed E-state index contributed by atoms with van der Waals surface area (Å²) in [7, 11) is 0. The lowest BCUT2D eigenvalue weighted by Crippen LogP contribution is -1.96. The monoisotopic (exact) mass is 332 g/mol. The summed E-state index contributed by atoms with van der Waals surface area (Å²) in [6.45, 7) is 0. The van der Waals surface area contributed by atoms with Crippen molar-refractivity contribution in [1.82, 2.24) is 0 Å². The normalized spacial score (nSPS) is 16.6. The Morgan fingerprint density at radius 2 is 1.95 bits per heavy atom. The van der Waals surface area contributed by atoms with Crippen LogP contribution in [-0.4, -0.2) is 5.97 Å². The second kappa shape index (κ2) is 5.15. The quantitative estimate of drug-likeness (QED) is 0.598. The van der Waals surface area contributed by atoms with Gasteiger partial charge in [0, 0.05) is 4.47 Å². The van der Waals surface area contributed by atoms with Crippen molar-refractivity contribution in [1.29, 1.82) is 0 Å². The lowest BCUT2D eigenvalue weighted by atomic mass is 10.1. The Balaban J connectivity index is 1.92. The van der Waals surface area contributed by atoms with Gasteiger partial charge >= 0.3 is 5.97 Å². The molecular formula is C15H9BrO2S. The van der Waals surface area contributed by atoms with Gasteiger partial charge in [-0.25, -0.2) is 4.79 Å². The van der Waals surface area contributed by atoms with E-state index in [0.29, 0.717) is 11.3 Å². The molecule has 0 unspecified atom stereocenters. The van der Waals surface area contributed by atoms with Gasteiger partial charge in [0.15, 0.2) is 0 Å². The number of ether oxygens (including phenoxy) is 1. The third-order valence-electron chi connectivity index (χ3n) is 2.68. The Bertz CT molecular complexity index is 667. The van der Waals surface area contributed by atoms with Crippen LogP contribution >= 0.6 is 27.3 Å². The Morgan fingerprint density at radius 1 is 1.16 bits per heavy atom. The molecule has 1 aliphatic heterocycles. The van der Waals surface area contributed by atoms with E-state index in [4.69, 9.17) is 4.74 Å². The molecule has 0 N–H and O–H groups in total. The van der Waals surface area contributed by atoms with Gasteiger partial charge in [-0.1, -0.05) is 34.1 Å². The van der Waals surface area contributed by atoms with Crippen LogP contribution < -0.4 is 0 Å². The standard InChI is InChI=1S/C15H9BrO2S/c16-12-5-3-10(4-6-12)8-11-9-13(18-15(11)17)14-2-1-7-19-14/h1-9H. The number of thiophene rings is 1. The van der Waals surface area contributed by atoms with Crippen LogP contribution in [0.15, 0.2) is 57.9 Å². The molecule has 0 fully saturated rings. The average molecular weight is 333 g/mol. The van der Waals surface area contributed by atoms with E-state index in [9.17, 15) is 4.79 Å². The minimum atomic E-state index is -0.300. The first-order valence-electron chi connectivity index (χ1n) is 5.67. The summed E-state index contributed by atoms with van der Waals surface area (Å²) >= 11 is 4.94. The Hall–Kier alpha value is -1.65. The molecule has 0 saturated heterocycles. The van der Waals surface area contributed by atoms with Crippen molar-refractivity contribution in [3.8, 4) is 0 Å². The van der Waals surface area contributed by atoms with Crippen molar-refractivity contribution in [2.75, 3.05) is 0 Å². The molecule has 0 aliphatic carbocycles. The van der Waals surface area contributed by atoms with Gasteiger partial charge in [-0.05, 0) is 41.3 Å². The fourth-order valence-corrected chi connectivity index (χ4v) is 2.71. The molecule has 1 aromatic carbocycles. The van der Waals surface area contributed by atoms with E-state index >= 15 is 0 Å². The Morgan fingerprint density at radius 3 is 2.63 bits per heavy atom. The van der Waals surface area contributed by atoms with Gasteiger partial charge in [-0.15, -0.1) is 11.3 Å². The van der Waals surface area contributed by atoms with E-state index < -0.39 is 0 Å². The van der Waals surface area contributed by atoms with Crippen molar-refractivity contribution in [2.45, 2.75) is 0 Å². The minimum absolute atomic E-state index is 0.300. The first-order chi connectivity index (χ1) is 9.22. The zero-order chi connectivity index (χ0) is 13.2. The second-order valence-corrected chi connectivity index (χ2v) is 5.89. The van der Waals surface area contributed by atoms with Crippen LogP contribution in [0.4, 0.5) is 0 Å². The highest BCUT2D eigenvalue weighted by atomic mass is 79.9. The van der Waals surface area contributed by atoms with Crippen molar-refractivity contribution < 1.29 is 9.53 Å². The fraction of sp³-hybridized carbons (Fsp3) is 0. The molecule has 2 nitrogen and oxygen atoms in total. The molecule has 1 aromatic heterocycles. The van der Waals surface area contributed by atoms with Crippen LogP contribution in [0, 0.1) is 0 Å². The molecule has 94 valence electrons. The first-order valence-corrected chi connectivity index (χ1v) is 7.35. The third kappa shape index (κ3) is 2.69. The van der Waals surface area contributed by atoms with Crippen LogP contribution in [-0.2, 0) is 9.53 Å². The van der Waals surface area contributed by atoms with E-state index in [0.717, 1.165) is 14.9 Å². The van der Waals surface area contributed by atoms with Gasteiger partial charge in [0.2, 0.25) is 0 Å². The van der Waals surface area contributed by atoms with Crippen molar-refractivity contribution in [3.63, 3.8) is 0 Å². The summed E-state index contributed by atoms with van der Waals surface area (Å²) in [5.74, 6) is 0.328. The molecule has 2 heterocycles. The minimum Gasteiger partial charge on any atom is -0.421 e. The number of hydrogen-bond acceptors (Lipinski definition) is 3. The maximum Gasteiger partial charge on any atom is 0.343 e. The number of carbonyl (C=O) groups excluding carboxylic acids is 1. The summed E-state index contributed by atoms with van der Waals surface area (Å²) in [4.78, 5) is 12.8. The van der Waals surface area contributed by atoms with E-state index in [1.54, 1.807) is 17.4 Å². The maximum atomic E-state index is 11.8. The lowest BCUT2D eigenvalue weighted by Gasteiger charge is -1.96. The first kappa shape index (κ1) is 12.4. The SMILES string of the molecule is O=C1OC(c2cccs2)=CC1=Cc1ccc(Br)cc1. The van der Waals surface area contributed by atoms with Gasteiger partial charge < -0.3 is 4.74 Å². The number of hydrogen-bond donors (Lipinski definition) is 0. The number of rotatable bonds is 2. The summed E-state index contributed by atoms with van der Waals surface area (Å²) in [5, 5.41) is 1.96. The molecule has 4 heteroatoms. The number of carbonyl (C=O) groups is 1. The maximum absolute atomic E-state index is 11.8. The Labute approximate surface area is 123 Å². The van der Waals surface area contributed by atoms with Gasteiger partial charge in [0.1, 0.15) is 5.76 Å². The molecule has 0 spiro atoms. The Kier molecular flexibility index (Phi) is 3.36. The van der Waals surface area contributed by atoms with Crippen molar-refractivity contribution in [3.05, 3.63) is 68.3 Å². The average Bonchev–Trinajstić information content (AvgIpc) is 3.03. The molecule has 19 heavy (non-hydrogen) atoms. The molecule has 0 radical (unpaired) electrons. The molecule has 1 aliphatic rings. The van der Waals surface area contributed by atoms with E-state index in [1.807, 2.05) is 47.9 Å². The highest BCUT2D eigenvalue weighted by Crippen LogP contribution is 2.30. The number of cyclic esters (lactones) is 1. The molecule has 0 bridgehead atoms. The van der Waals surface area contributed by atoms with E-state index in [1.165, 1.54) is 0 Å².